The number of fused-ring (bicyclic) bond motifs is 3. The van der Waals surface area contributed by atoms with Crippen LogP contribution in [0.5, 0.6) is 0 Å². The average Bonchev–Trinajstić information content (AvgIpc) is 3.08. The van der Waals surface area contributed by atoms with E-state index in [1.54, 1.807) is 26.6 Å². The molecule has 0 aliphatic carbocycles. The number of hydrogen-bond donors (Lipinski definition) is 1. The van der Waals surface area contributed by atoms with E-state index >= 15 is 0 Å². The van der Waals surface area contributed by atoms with Crippen LogP contribution in [0.3, 0.4) is 0 Å². The monoisotopic (exact) mass is 390 g/mol. The molecule has 3 rings (SSSR count). The molecule has 0 bridgehead atoms. The summed E-state index contributed by atoms with van der Waals surface area (Å²) >= 11 is 0. The quantitative estimate of drug-likeness (QED) is 0.587. The van der Waals surface area contributed by atoms with Crippen LogP contribution in [0.2, 0.25) is 0 Å². The van der Waals surface area contributed by atoms with Gasteiger partial charge in [-0.2, -0.15) is 0 Å². The Balaban J connectivity index is 1.92. The summed E-state index contributed by atoms with van der Waals surface area (Å²) in [7, 11) is -0.0472. The van der Waals surface area contributed by atoms with Crippen molar-refractivity contribution in [1.82, 2.24) is 23.8 Å². The maximum Gasteiger partial charge on any atom is 0.213 e. The van der Waals surface area contributed by atoms with Gasteiger partial charge in [0.2, 0.25) is 10.0 Å². The number of aromatic nitrogens is 4. The number of aryl methyl sites for hydroxylation is 1. The van der Waals surface area contributed by atoms with E-state index in [2.05, 4.69) is 9.97 Å². The smallest absolute Gasteiger partial charge is 0.213 e. The molecule has 0 saturated heterocycles. The minimum Gasteiger partial charge on any atom is -0.330 e. The third kappa shape index (κ3) is 3.95. The molecule has 0 aliphatic rings. The highest BCUT2D eigenvalue weighted by Gasteiger charge is 2.18. The van der Waals surface area contributed by atoms with Crippen molar-refractivity contribution in [3.05, 3.63) is 30.4 Å². The van der Waals surface area contributed by atoms with Crippen LogP contribution < -0.4 is 5.73 Å². The molecule has 0 amide bonds. The fourth-order valence-electron chi connectivity index (χ4n) is 3.04. The van der Waals surface area contributed by atoms with Crippen molar-refractivity contribution in [1.29, 1.82) is 0 Å². The van der Waals surface area contributed by atoms with Crippen LogP contribution in [0.25, 0.3) is 22.1 Å². The van der Waals surface area contributed by atoms with Crippen molar-refractivity contribution in [3.8, 4) is 0 Å². The molecule has 3 aromatic heterocycles. The summed E-state index contributed by atoms with van der Waals surface area (Å²) in [5, 5.41) is 0. The maximum absolute atomic E-state index is 11.9. The van der Waals surface area contributed by atoms with Crippen molar-refractivity contribution in [3.63, 3.8) is 0 Å². The summed E-state index contributed by atoms with van der Waals surface area (Å²) in [5.41, 5.74) is 10.1. The standard InChI is InChI=1S/C18H26N6O2S/c1-13(11-19)15-17-18(16-14(22-15)7-6-8-20-16)24(12-21-17)9-4-5-10-27(25,26)23(2)3/h6-8,12-13H,4-5,9-11,19H2,1-3H3. The first-order valence-corrected chi connectivity index (χ1v) is 10.7. The lowest BCUT2D eigenvalue weighted by Crippen LogP contribution is -2.25. The number of imidazole rings is 1. The van der Waals surface area contributed by atoms with Gasteiger partial charge in [0.1, 0.15) is 11.0 Å². The van der Waals surface area contributed by atoms with E-state index in [1.807, 2.05) is 23.6 Å². The van der Waals surface area contributed by atoms with E-state index in [0.29, 0.717) is 19.5 Å². The first kappa shape index (κ1) is 19.7. The van der Waals surface area contributed by atoms with E-state index in [1.165, 1.54) is 4.31 Å². The lowest BCUT2D eigenvalue weighted by Gasteiger charge is -2.13. The van der Waals surface area contributed by atoms with Gasteiger partial charge in [-0.25, -0.2) is 22.7 Å². The molecule has 27 heavy (non-hydrogen) atoms. The molecule has 1 unspecified atom stereocenters. The molecule has 0 radical (unpaired) electrons. The van der Waals surface area contributed by atoms with Crippen molar-refractivity contribution < 1.29 is 8.42 Å². The van der Waals surface area contributed by atoms with Gasteiger partial charge in [-0.1, -0.05) is 6.92 Å². The molecule has 0 fully saturated rings. The Bertz CT molecular complexity index is 1040. The number of nitrogens with two attached hydrogens (primary N) is 1. The second kappa shape index (κ2) is 7.87. The van der Waals surface area contributed by atoms with Gasteiger partial charge in [-0.15, -0.1) is 0 Å². The Morgan fingerprint density at radius 1 is 1.22 bits per heavy atom. The zero-order chi connectivity index (χ0) is 19.6. The second-order valence-corrected chi connectivity index (χ2v) is 9.25. The fourth-order valence-corrected chi connectivity index (χ4v) is 3.98. The fraction of sp³-hybridized carbons (Fsp3) is 0.500. The molecule has 3 aromatic rings. The molecule has 146 valence electrons. The highest BCUT2D eigenvalue weighted by Crippen LogP contribution is 2.28. The van der Waals surface area contributed by atoms with Gasteiger partial charge in [-0.05, 0) is 25.0 Å². The van der Waals surface area contributed by atoms with E-state index in [-0.39, 0.29) is 11.7 Å². The second-order valence-electron chi connectivity index (χ2n) is 6.95. The topological polar surface area (TPSA) is 107 Å². The SMILES string of the molecule is CC(CN)c1nc2cccnc2c2c1ncn2CCCCS(=O)(=O)N(C)C. The molecular weight excluding hydrogens is 364 g/mol. The number of pyridine rings is 2. The summed E-state index contributed by atoms with van der Waals surface area (Å²) in [5.74, 6) is 0.230. The minimum absolute atomic E-state index is 0.0886. The van der Waals surface area contributed by atoms with Crippen LogP contribution in [0.4, 0.5) is 0 Å². The van der Waals surface area contributed by atoms with Gasteiger partial charge < -0.3 is 10.3 Å². The number of unbranched alkanes of at least 4 members (excludes halogenated alkanes) is 1. The Morgan fingerprint density at radius 3 is 2.70 bits per heavy atom. The Hall–Kier alpha value is -2.10. The van der Waals surface area contributed by atoms with Gasteiger partial charge in [-0.3, -0.25) is 4.98 Å². The Kier molecular flexibility index (Phi) is 5.73. The maximum atomic E-state index is 11.9. The van der Waals surface area contributed by atoms with E-state index in [9.17, 15) is 8.42 Å². The number of nitrogens with zero attached hydrogens (tertiary/aromatic N) is 5. The van der Waals surface area contributed by atoms with Crippen LogP contribution >= 0.6 is 0 Å². The van der Waals surface area contributed by atoms with Gasteiger partial charge in [0.15, 0.2) is 0 Å². The van der Waals surface area contributed by atoms with Crippen molar-refractivity contribution >= 4 is 32.1 Å². The first-order chi connectivity index (χ1) is 12.8. The van der Waals surface area contributed by atoms with Gasteiger partial charge >= 0.3 is 0 Å². The summed E-state index contributed by atoms with van der Waals surface area (Å²) in [6, 6.07) is 3.81. The third-order valence-corrected chi connectivity index (χ3v) is 6.68. The molecule has 2 N–H and O–H groups in total. The minimum atomic E-state index is -3.17. The number of hydrogen-bond acceptors (Lipinski definition) is 6. The summed E-state index contributed by atoms with van der Waals surface area (Å²) in [4.78, 5) is 13.8. The van der Waals surface area contributed by atoms with Crippen LogP contribution in [-0.2, 0) is 16.6 Å². The van der Waals surface area contributed by atoms with E-state index in [0.717, 1.165) is 34.2 Å². The molecule has 0 aromatic carbocycles. The van der Waals surface area contributed by atoms with E-state index in [4.69, 9.17) is 10.7 Å². The Labute approximate surface area is 159 Å². The lowest BCUT2D eigenvalue weighted by atomic mass is 10.1. The first-order valence-electron chi connectivity index (χ1n) is 9.05. The normalized spacial score (nSPS) is 13.7. The van der Waals surface area contributed by atoms with Crippen LogP contribution in [0.1, 0.15) is 31.4 Å². The lowest BCUT2D eigenvalue weighted by molar-refractivity contribution is 0.515. The van der Waals surface area contributed by atoms with Crippen LogP contribution in [-0.4, -0.2) is 58.6 Å². The molecule has 8 nitrogen and oxygen atoms in total. The van der Waals surface area contributed by atoms with Crippen molar-refractivity contribution in [2.75, 3.05) is 26.4 Å². The van der Waals surface area contributed by atoms with E-state index < -0.39 is 10.0 Å². The third-order valence-electron chi connectivity index (χ3n) is 4.76. The number of sulfonamides is 1. The van der Waals surface area contributed by atoms with Gasteiger partial charge in [0.25, 0.3) is 0 Å². The predicted octanol–water partition coefficient (Wildman–Crippen LogP) is 1.71. The molecule has 1 atom stereocenters. The summed E-state index contributed by atoms with van der Waals surface area (Å²) < 4.78 is 27.1. The van der Waals surface area contributed by atoms with Crippen LogP contribution in [0.15, 0.2) is 24.7 Å². The summed E-state index contributed by atoms with van der Waals surface area (Å²) in [6.45, 7) is 3.20. The largest absolute Gasteiger partial charge is 0.330 e. The van der Waals surface area contributed by atoms with Gasteiger partial charge in [0.05, 0.1) is 28.8 Å². The zero-order valence-corrected chi connectivity index (χ0v) is 16.8. The molecule has 3 heterocycles. The molecule has 0 aliphatic heterocycles. The highest BCUT2D eigenvalue weighted by molar-refractivity contribution is 7.89. The molecule has 0 spiro atoms. The molecule has 9 heteroatoms. The highest BCUT2D eigenvalue weighted by atomic mass is 32.2. The molecular formula is C18H26N6O2S. The zero-order valence-electron chi connectivity index (χ0n) is 16.0. The Morgan fingerprint density at radius 2 is 2.00 bits per heavy atom. The van der Waals surface area contributed by atoms with Crippen molar-refractivity contribution in [2.45, 2.75) is 32.2 Å². The molecule has 0 saturated carbocycles. The summed E-state index contributed by atoms with van der Waals surface area (Å²) in [6.07, 6.45) is 4.85. The number of rotatable bonds is 8. The average molecular weight is 391 g/mol. The van der Waals surface area contributed by atoms with Crippen LogP contribution in [0, 0.1) is 0 Å². The predicted molar refractivity (Wildman–Crippen MR) is 107 cm³/mol. The van der Waals surface area contributed by atoms with Gasteiger partial charge in [0, 0.05) is 39.3 Å². The van der Waals surface area contributed by atoms with Crippen molar-refractivity contribution in [2.24, 2.45) is 5.73 Å².